The zero-order valence-corrected chi connectivity index (χ0v) is 19.6. The fourth-order valence-corrected chi connectivity index (χ4v) is 3.61. The van der Waals surface area contributed by atoms with Gasteiger partial charge in [0, 0.05) is 38.0 Å². The van der Waals surface area contributed by atoms with Gasteiger partial charge in [-0.15, -0.1) is 0 Å². The molecule has 1 atom stereocenters. The summed E-state index contributed by atoms with van der Waals surface area (Å²) < 4.78 is 17.2. The van der Waals surface area contributed by atoms with Crippen LogP contribution in [0.3, 0.4) is 0 Å². The van der Waals surface area contributed by atoms with Gasteiger partial charge in [-0.3, -0.25) is 4.98 Å². The van der Waals surface area contributed by atoms with Gasteiger partial charge in [0.1, 0.15) is 5.60 Å². The summed E-state index contributed by atoms with van der Waals surface area (Å²) in [6.07, 6.45) is 6.15. The van der Waals surface area contributed by atoms with Crippen molar-refractivity contribution in [2.45, 2.75) is 71.3 Å². The Morgan fingerprint density at radius 2 is 1.97 bits per heavy atom. The minimum atomic E-state index is -0.541. The second-order valence-electron chi connectivity index (χ2n) is 9.21. The van der Waals surface area contributed by atoms with Gasteiger partial charge in [0.05, 0.1) is 6.61 Å². The Hall–Kier alpha value is -2.44. The summed E-state index contributed by atoms with van der Waals surface area (Å²) in [4.78, 5) is 19.0. The summed E-state index contributed by atoms with van der Waals surface area (Å²) in [7, 11) is 0. The molecule has 2 heterocycles. The first-order chi connectivity index (χ1) is 15.4. The lowest BCUT2D eigenvalue weighted by molar-refractivity contribution is -0.161. The van der Waals surface area contributed by atoms with Crippen LogP contribution in [0.15, 0.2) is 48.7 Å². The number of benzene rings is 1. The molecule has 1 unspecified atom stereocenters. The first-order valence-corrected chi connectivity index (χ1v) is 11.6. The van der Waals surface area contributed by atoms with Gasteiger partial charge in [0.25, 0.3) is 0 Å². The van der Waals surface area contributed by atoms with Crippen LogP contribution in [0.1, 0.15) is 56.9 Å². The monoisotopic (exact) mass is 440 g/mol. The predicted molar refractivity (Wildman–Crippen MR) is 124 cm³/mol. The van der Waals surface area contributed by atoms with Crippen molar-refractivity contribution in [3.63, 3.8) is 0 Å². The minimum absolute atomic E-state index is 0.0683. The molecule has 1 aliphatic heterocycles. The molecule has 1 amide bonds. The molecular formula is C26H36N2O4. The zero-order valence-electron chi connectivity index (χ0n) is 19.6. The summed E-state index contributed by atoms with van der Waals surface area (Å²) in [5.74, 6) is 0. The summed E-state index contributed by atoms with van der Waals surface area (Å²) in [5, 5.41) is 0. The summed E-state index contributed by atoms with van der Waals surface area (Å²) in [5.41, 5.74) is 2.67. The fraction of sp³-hybridized carbons (Fsp3) is 0.538. The lowest BCUT2D eigenvalue weighted by atomic mass is 10.1. The van der Waals surface area contributed by atoms with Crippen LogP contribution in [0.5, 0.6) is 0 Å². The van der Waals surface area contributed by atoms with Gasteiger partial charge in [-0.05, 0) is 69.7 Å². The van der Waals surface area contributed by atoms with Gasteiger partial charge in [-0.2, -0.15) is 0 Å². The van der Waals surface area contributed by atoms with E-state index in [0.29, 0.717) is 26.1 Å². The van der Waals surface area contributed by atoms with E-state index < -0.39 is 5.60 Å². The van der Waals surface area contributed by atoms with E-state index in [2.05, 4.69) is 17.1 Å². The SMILES string of the molecule is CC(C)(C)OC(=O)N(CCc1ccccn1)Cc1cccc(CCOC2CCCCO2)c1. The van der Waals surface area contributed by atoms with E-state index in [1.54, 1.807) is 11.1 Å². The van der Waals surface area contributed by atoms with E-state index >= 15 is 0 Å². The van der Waals surface area contributed by atoms with Gasteiger partial charge in [-0.25, -0.2) is 4.79 Å². The molecule has 1 aliphatic rings. The maximum Gasteiger partial charge on any atom is 0.410 e. The van der Waals surface area contributed by atoms with Crippen LogP contribution in [0.25, 0.3) is 0 Å². The van der Waals surface area contributed by atoms with Crippen LogP contribution in [0.2, 0.25) is 0 Å². The molecule has 0 radical (unpaired) electrons. The number of aromatic nitrogens is 1. The van der Waals surface area contributed by atoms with Crippen LogP contribution < -0.4 is 0 Å². The number of nitrogens with zero attached hydrogens (tertiary/aromatic N) is 2. The maximum absolute atomic E-state index is 12.9. The number of carbonyl (C=O) groups excluding carboxylic acids is 1. The van der Waals surface area contributed by atoms with Crippen LogP contribution in [-0.4, -0.2) is 47.6 Å². The van der Waals surface area contributed by atoms with Crippen molar-refractivity contribution in [1.29, 1.82) is 0 Å². The molecule has 0 spiro atoms. The van der Waals surface area contributed by atoms with Crippen molar-refractivity contribution >= 4 is 6.09 Å². The topological polar surface area (TPSA) is 60.9 Å². The lowest BCUT2D eigenvalue weighted by Gasteiger charge is -2.27. The molecule has 2 aromatic rings. The molecule has 6 nitrogen and oxygen atoms in total. The Kier molecular flexibility index (Phi) is 9.06. The van der Waals surface area contributed by atoms with E-state index in [4.69, 9.17) is 14.2 Å². The quantitative estimate of drug-likeness (QED) is 0.540. The third-order valence-electron chi connectivity index (χ3n) is 5.21. The van der Waals surface area contributed by atoms with Crippen LogP contribution >= 0.6 is 0 Å². The van der Waals surface area contributed by atoms with Crippen molar-refractivity contribution in [3.8, 4) is 0 Å². The first-order valence-electron chi connectivity index (χ1n) is 11.6. The second kappa shape index (κ2) is 12.0. The normalized spacial score (nSPS) is 16.5. The Morgan fingerprint density at radius 1 is 1.12 bits per heavy atom. The van der Waals surface area contributed by atoms with Crippen molar-refractivity contribution in [3.05, 3.63) is 65.5 Å². The molecule has 1 saturated heterocycles. The van der Waals surface area contributed by atoms with Gasteiger partial charge in [0.2, 0.25) is 0 Å². The summed E-state index contributed by atoms with van der Waals surface area (Å²) >= 11 is 0. The number of carbonyl (C=O) groups is 1. The highest BCUT2D eigenvalue weighted by Crippen LogP contribution is 2.17. The van der Waals surface area contributed by atoms with Gasteiger partial charge < -0.3 is 19.1 Å². The maximum atomic E-state index is 12.9. The molecule has 3 rings (SSSR count). The molecule has 1 aromatic heterocycles. The molecule has 0 bridgehead atoms. The molecule has 1 fully saturated rings. The highest BCUT2D eigenvalue weighted by atomic mass is 16.7. The molecule has 0 N–H and O–H groups in total. The number of ether oxygens (including phenoxy) is 3. The largest absolute Gasteiger partial charge is 0.444 e. The number of amides is 1. The van der Waals surface area contributed by atoms with Gasteiger partial charge in [0.15, 0.2) is 6.29 Å². The predicted octanol–water partition coefficient (Wildman–Crippen LogP) is 5.15. The number of hydrogen-bond donors (Lipinski definition) is 0. The van der Waals surface area contributed by atoms with E-state index in [9.17, 15) is 4.79 Å². The van der Waals surface area contributed by atoms with Gasteiger partial charge >= 0.3 is 6.09 Å². The molecule has 1 aromatic carbocycles. The molecule has 6 heteroatoms. The molecular weight excluding hydrogens is 404 g/mol. The van der Waals surface area contributed by atoms with E-state index in [1.807, 2.05) is 51.1 Å². The highest BCUT2D eigenvalue weighted by molar-refractivity contribution is 5.68. The van der Waals surface area contributed by atoms with Gasteiger partial charge in [-0.1, -0.05) is 30.3 Å². The number of pyridine rings is 1. The lowest BCUT2D eigenvalue weighted by Crippen LogP contribution is -2.37. The number of rotatable bonds is 9. The summed E-state index contributed by atoms with van der Waals surface area (Å²) in [6, 6.07) is 14.2. The second-order valence-corrected chi connectivity index (χ2v) is 9.21. The molecule has 0 saturated carbocycles. The Bertz CT molecular complexity index is 829. The third kappa shape index (κ3) is 8.60. The molecule has 174 valence electrons. The van der Waals surface area contributed by atoms with E-state index in [0.717, 1.165) is 37.1 Å². The van der Waals surface area contributed by atoms with Crippen molar-refractivity contribution in [2.75, 3.05) is 19.8 Å². The molecule has 0 aliphatic carbocycles. The van der Waals surface area contributed by atoms with Crippen molar-refractivity contribution in [2.24, 2.45) is 0 Å². The van der Waals surface area contributed by atoms with Crippen LogP contribution in [0, 0.1) is 0 Å². The third-order valence-corrected chi connectivity index (χ3v) is 5.21. The van der Waals surface area contributed by atoms with Crippen LogP contribution in [0.4, 0.5) is 4.79 Å². The Balaban J connectivity index is 1.59. The van der Waals surface area contributed by atoms with Crippen molar-refractivity contribution in [1.82, 2.24) is 9.88 Å². The average molecular weight is 441 g/mol. The Labute approximate surface area is 191 Å². The van der Waals surface area contributed by atoms with E-state index in [1.165, 1.54) is 12.0 Å². The smallest absolute Gasteiger partial charge is 0.410 e. The Morgan fingerprint density at radius 3 is 2.69 bits per heavy atom. The standard InChI is InChI=1S/C26H36N2O4/c1-26(2,3)32-25(29)28(16-13-23-11-4-6-15-27-23)20-22-10-8-9-21(19-22)14-18-31-24-12-5-7-17-30-24/h4,6,8-11,15,19,24H,5,7,12-14,16-18,20H2,1-3H3. The fourth-order valence-electron chi connectivity index (χ4n) is 3.61. The summed E-state index contributed by atoms with van der Waals surface area (Å²) in [6.45, 7) is 8.11. The highest BCUT2D eigenvalue weighted by Gasteiger charge is 2.22. The zero-order chi connectivity index (χ0) is 22.8. The minimum Gasteiger partial charge on any atom is -0.444 e. The number of hydrogen-bond acceptors (Lipinski definition) is 5. The van der Waals surface area contributed by atoms with Crippen molar-refractivity contribution < 1.29 is 19.0 Å². The first kappa shape index (κ1) is 24.2. The van der Waals surface area contributed by atoms with Crippen LogP contribution in [-0.2, 0) is 33.6 Å². The van der Waals surface area contributed by atoms with E-state index in [-0.39, 0.29) is 12.4 Å². The molecule has 32 heavy (non-hydrogen) atoms. The average Bonchev–Trinajstić information content (AvgIpc) is 2.77.